The number of hydrogen-bond acceptors (Lipinski definition) is 5. The number of aryl methyl sites for hydroxylation is 1. The maximum atomic E-state index is 13.2. The maximum Gasteiger partial charge on any atom is 0.272 e. The number of ether oxygens (including phenoxy) is 1. The number of amides is 3. The number of nitrogens with zero attached hydrogens (tertiary/aromatic N) is 4. The average Bonchev–Trinajstić information content (AvgIpc) is 3.18. The summed E-state index contributed by atoms with van der Waals surface area (Å²) in [5.74, 6) is -1.25. The molecule has 2 aliphatic rings. The third-order valence-electron chi connectivity index (χ3n) is 5.64. The van der Waals surface area contributed by atoms with Crippen molar-refractivity contribution in [3.63, 3.8) is 0 Å². The van der Waals surface area contributed by atoms with E-state index in [1.807, 2.05) is 0 Å². The van der Waals surface area contributed by atoms with Crippen LogP contribution in [0.15, 0.2) is 30.3 Å². The summed E-state index contributed by atoms with van der Waals surface area (Å²) >= 11 is 0. The highest BCUT2D eigenvalue weighted by Gasteiger charge is 2.28. The molecular formula is C22H26FN5O4. The number of nitrogens with one attached hydrogen (secondary N) is 1. The fourth-order valence-corrected chi connectivity index (χ4v) is 3.90. The molecule has 2 aliphatic heterocycles. The van der Waals surface area contributed by atoms with Gasteiger partial charge in [-0.1, -0.05) is 12.1 Å². The first-order chi connectivity index (χ1) is 15.4. The highest BCUT2D eigenvalue weighted by molar-refractivity contribution is 5.99. The van der Waals surface area contributed by atoms with E-state index in [0.29, 0.717) is 58.1 Å². The maximum absolute atomic E-state index is 13.2. The predicted molar refractivity (Wildman–Crippen MR) is 112 cm³/mol. The van der Waals surface area contributed by atoms with Crippen molar-refractivity contribution >= 4 is 17.7 Å². The van der Waals surface area contributed by atoms with E-state index in [0.717, 1.165) is 5.56 Å². The number of hydrogen-bond donors (Lipinski definition) is 1. The number of fused-ring (bicyclic) bond motifs is 1. The Balaban J connectivity index is 1.43. The Morgan fingerprint density at radius 3 is 2.59 bits per heavy atom. The molecule has 1 atom stereocenters. The summed E-state index contributed by atoms with van der Waals surface area (Å²) < 4.78 is 20.0. The quantitative estimate of drug-likeness (QED) is 0.745. The topological polar surface area (TPSA) is 96.8 Å². The fourth-order valence-electron chi connectivity index (χ4n) is 3.90. The van der Waals surface area contributed by atoms with Crippen LogP contribution in [0.2, 0.25) is 0 Å². The smallest absolute Gasteiger partial charge is 0.272 e. The zero-order valence-corrected chi connectivity index (χ0v) is 17.9. The Bertz CT molecular complexity index is 1000. The van der Waals surface area contributed by atoms with E-state index < -0.39 is 11.9 Å². The summed E-state index contributed by atoms with van der Waals surface area (Å²) in [6, 6.07) is 6.78. The third-order valence-corrected chi connectivity index (χ3v) is 5.64. The minimum Gasteiger partial charge on any atom is -0.378 e. The van der Waals surface area contributed by atoms with Crippen LogP contribution in [0.5, 0.6) is 0 Å². The fraction of sp³-hybridized carbons (Fsp3) is 0.455. The van der Waals surface area contributed by atoms with Crippen LogP contribution in [-0.4, -0.2) is 76.2 Å². The molecule has 9 nitrogen and oxygen atoms in total. The highest BCUT2D eigenvalue weighted by Crippen LogP contribution is 2.17. The zero-order valence-electron chi connectivity index (χ0n) is 17.9. The van der Waals surface area contributed by atoms with Gasteiger partial charge >= 0.3 is 0 Å². The molecule has 170 valence electrons. The molecule has 1 fully saturated rings. The molecular weight excluding hydrogens is 417 g/mol. The summed E-state index contributed by atoms with van der Waals surface area (Å²) in [4.78, 5) is 41.6. The van der Waals surface area contributed by atoms with Crippen molar-refractivity contribution in [3.8, 4) is 0 Å². The monoisotopic (exact) mass is 443 g/mol. The van der Waals surface area contributed by atoms with Gasteiger partial charge in [-0.3, -0.25) is 19.1 Å². The van der Waals surface area contributed by atoms with Crippen LogP contribution in [0, 0.1) is 5.82 Å². The Kier molecular flexibility index (Phi) is 6.50. The summed E-state index contributed by atoms with van der Waals surface area (Å²) in [6.45, 7) is 4.96. The molecule has 0 saturated carbocycles. The number of carbonyl (C=O) groups is 3. The van der Waals surface area contributed by atoms with Gasteiger partial charge in [-0.25, -0.2) is 4.39 Å². The normalized spacial score (nSPS) is 17.5. The molecule has 0 radical (unpaired) electrons. The molecule has 1 unspecified atom stereocenters. The molecule has 0 bridgehead atoms. The molecule has 0 spiro atoms. The van der Waals surface area contributed by atoms with Gasteiger partial charge in [0.2, 0.25) is 5.91 Å². The molecule has 0 aliphatic carbocycles. The average molecular weight is 443 g/mol. The zero-order chi connectivity index (χ0) is 22.7. The minimum atomic E-state index is -0.715. The largest absolute Gasteiger partial charge is 0.378 e. The van der Waals surface area contributed by atoms with Gasteiger partial charge in [0.15, 0.2) is 5.69 Å². The van der Waals surface area contributed by atoms with E-state index in [2.05, 4.69) is 10.4 Å². The van der Waals surface area contributed by atoms with Crippen LogP contribution in [-0.2, 0) is 22.6 Å². The SMILES string of the molecule is CC(NC(=O)c1cc2n(n1)CCCN(Cc1ccc(F)cc1)C2=O)C(=O)N1CCOCC1. The molecule has 10 heteroatoms. The summed E-state index contributed by atoms with van der Waals surface area (Å²) in [7, 11) is 0. The number of carbonyl (C=O) groups excluding carboxylic acids is 3. The second kappa shape index (κ2) is 9.47. The lowest BCUT2D eigenvalue weighted by Crippen LogP contribution is -2.50. The Labute approximate surface area is 185 Å². The summed E-state index contributed by atoms with van der Waals surface area (Å²) in [5.41, 5.74) is 1.24. The van der Waals surface area contributed by atoms with Crippen molar-refractivity contribution in [1.29, 1.82) is 0 Å². The van der Waals surface area contributed by atoms with E-state index in [9.17, 15) is 18.8 Å². The first kappa shape index (κ1) is 21.9. The molecule has 32 heavy (non-hydrogen) atoms. The van der Waals surface area contributed by atoms with E-state index in [-0.39, 0.29) is 23.3 Å². The van der Waals surface area contributed by atoms with Gasteiger partial charge in [-0.2, -0.15) is 5.10 Å². The van der Waals surface area contributed by atoms with Crippen molar-refractivity contribution in [2.45, 2.75) is 32.5 Å². The Morgan fingerprint density at radius 2 is 1.88 bits per heavy atom. The lowest BCUT2D eigenvalue weighted by molar-refractivity contribution is -0.136. The van der Waals surface area contributed by atoms with E-state index >= 15 is 0 Å². The number of halogens is 1. The van der Waals surface area contributed by atoms with Crippen molar-refractivity contribution in [3.05, 3.63) is 53.1 Å². The molecule has 3 heterocycles. The van der Waals surface area contributed by atoms with Crippen molar-refractivity contribution in [2.24, 2.45) is 0 Å². The van der Waals surface area contributed by atoms with Gasteiger partial charge in [0.1, 0.15) is 17.6 Å². The lowest BCUT2D eigenvalue weighted by Gasteiger charge is -2.29. The number of rotatable bonds is 5. The van der Waals surface area contributed by atoms with Crippen molar-refractivity contribution in [1.82, 2.24) is 24.9 Å². The van der Waals surface area contributed by atoms with E-state index in [4.69, 9.17) is 4.74 Å². The molecule has 1 N–H and O–H groups in total. The second-order valence-electron chi connectivity index (χ2n) is 7.98. The minimum absolute atomic E-state index is 0.0959. The number of morpholine rings is 1. The van der Waals surface area contributed by atoms with E-state index in [1.165, 1.54) is 22.9 Å². The Hall–Kier alpha value is -3.27. The van der Waals surface area contributed by atoms with Gasteiger partial charge in [0.05, 0.1) is 13.2 Å². The van der Waals surface area contributed by atoms with Crippen LogP contribution in [0.1, 0.15) is 39.9 Å². The number of benzene rings is 1. The molecule has 3 amide bonds. The Morgan fingerprint density at radius 1 is 1.16 bits per heavy atom. The van der Waals surface area contributed by atoms with Crippen molar-refractivity contribution in [2.75, 3.05) is 32.8 Å². The van der Waals surface area contributed by atoms with Crippen LogP contribution in [0.3, 0.4) is 0 Å². The molecule has 2 aromatic rings. The third kappa shape index (κ3) is 4.80. The van der Waals surface area contributed by atoms with Gasteiger partial charge in [-0.15, -0.1) is 0 Å². The van der Waals surface area contributed by atoms with Gasteiger partial charge < -0.3 is 19.9 Å². The molecule has 4 rings (SSSR count). The molecule has 1 aromatic carbocycles. The standard InChI is InChI=1S/C22H26FN5O4/c1-15(21(30)26-9-11-32-12-10-26)24-20(29)18-13-19-22(31)27(7-2-8-28(19)25-18)14-16-3-5-17(23)6-4-16/h3-6,13,15H,2,7-12,14H2,1H3,(H,24,29). The molecule has 1 saturated heterocycles. The predicted octanol–water partition coefficient (Wildman–Crippen LogP) is 1.05. The van der Waals surface area contributed by atoms with Crippen LogP contribution in [0.4, 0.5) is 4.39 Å². The highest BCUT2D eigenvalue weighted by atomic mass is 19.1. The first-order valence-corrected chi connectivity index (χ1v) is 10.7. The van der Waals surface area contributed by atoms with E-state index in [1.54, 1.807) is 28.9 Å². The van der Waals surface area contributed by atoms with Crippen molar-refractivity contribution < 1.29 is 23.5 Å². The van der Waals surface area contributed by atoms with Crippen LogP contribution < -0.4 is 5.32 Å². The summed E-state index contributed by atoms with van der Waals surface area (Å²) in [5, 5.41) is 6.98. The van der Waals surface area contributed by atoms with Gasteiger partial charge in [0.25, 0.3) is 11.8 Å². The lowest BCUT2D eigenvalue weighted by atomic mass is 10.2. The number of aromatic nitrogens is 2. The van der Waals surface area contributed by atoms with Crippen LogP contribution >= 0.6 is 0 Å². The first-order valence-electron chi connectivity index (χ1n) is 10.7. The molecule has 1 aromatic heterocycles. The van der Waals surface area contributed by atoms with Gasteiger partial charge in [-0.05, 0) is 31.0 Å². The van der Waals surface area contributed by atoms with Gasteiger partial charge in [0, 0.05) is 38.8 Å². The van der Waals surface area contributed by atoms with Crippen LogP contribution in [0.25, 0.3) is 0 Å². The second-order valence-corrected chi connectivity index (χ2v) is 7.98. The summed E-state index contributed by atoms with van der Waals surface area (Å²) in [6.07, 6.45) is 0.675.